The summed E-state index contributed by atoms with van der Waals surface area (Å²) in [5.74, 6) is 0.881. The third-order valence-corrected chi connectivity index (χ3v) is 3.46. The first-order valence-electron chi connectivity index (χ1n) is 6.34. The fourth-order valence-corrected chi connectivity index (χ4v) is 2.34. The fraction of sp³-hybridized carbons (Fsp3) is 0.571. The standard InChI is InChI=1S/C14H21NO2.ClH/c1-17-12-8-6-11(7-9-12)10-15-13-4-2-3-5-14(13)16;/h6-9,13-16H,2-5,10H2,1H3;1H. The van der Waals surface area contributed by atoms with E-state index in [0.29, 0.717) is 0 Å². The number of rotatable bonds is 4. The molecule has 0 spiro atoms. The second-order valence-corrected chi connectivity index (χ2v) is 4.69. The highest BCUT2D eigenvalue weighted by atomic mass is 35.5. The smallest absolute Gasteiger partial charge is 0.118 e. The van der Waals surface area contributed by atoms with Gasteiger partial charge in [-0.3, -0.25) is 0 Å². The van der Waals surface area contributed by atoms with Crippen molar-refractivity contribution in [1.82, 2.24) is 5.32 Å². The van der Waals surface area contributed by atoms with Crippen molar-refractivity contribution in [2.24, 2.45) is 0 Å². The molecule has 1 fully saturated rings. The topological polar surface area (TPSA) is 41.5 Å². The molecule has 2 unspecified atom stereocenters. The maximum atomic E-state index is 9.85. The number of benzene rings is 1. The van der Waals surface area contributed by atoms with Gasteiger partial charge in [-0.1, -0.05) is 25.0 Å². The molecule has 3 nitrogen and oxygen atoms in total. The Morgan fingerprint density at radius 1 is 1.22 bits per heavy atom. The third kappa shape index (κ3) is 4.16. The zero-order valence-electron chi connectivity index (χ0n) is 10.8. The third-order valence-electron chi connectivity index (χ3n) is 3.46. The average Bonchev–Trinajstić information content (AvgIpc) is 2.38. The molecule has 1 aliphatic carbocycles. The minimum atomic E-state index is -0.179. The second-order valence-electron chi connectivity index (χ2n) is 4.69. The van der Waals surface area contributed by atoms with Crippen molar-refractivity contribution < 1.29 is 9.84 Å². The molecular weight excluding hydrogens is 250 g/mol. The molecule has 1 saturated carbocycles. The van der Waals surface area contributed by atoms with Crippen LogP contribution in [0.3, 0.4) is 0 Å². The number of hydrogen-bond donors (Lipinski definition) is 2. The van der Waals surface area contributed by atoms with Crippen LogP contribution in [0.25, 0.3) is 0 Å². The first-order chi connectivity index (χ1) is 8.29. The summed E-state index contributed by atoms with van der Waals surface area (Å²) in [5.41, 5.74) is 1.23. The van der Waals surface area contributed by atoms with E-state index in [2.05, 4.69) is 17.4 Å². The Hall–Kier alpha value is -0.770. The van der Waals surface area contributed by atoms with Gasteiger partial charge in [-0.15, -0.1) is 12.4 Å². The number of ether oxygens (including phenoxy) is 1. The zero-order valence-corrected chi connectivity index (χ0v) is 11.6. The van der Waals surface area contributed by atoms with Gasteiger partial charge in [0, 0.05) is 12.6 Å². The Morgan fingerprint density at radius 3 is 2.50 bits per heavy atom. The van der Waals surface area contributed by atoms with Crippen LogP contribution in [0.4, 0.5) is 0 Å². The number of nitrogens with one attached hydrogen (secondary N) is 1. The molecule has 0 aromatic heterocycles. The highest BCUT2D eigenvalue weighted by molar-refractivity contribution is 5.85. The second kappa shape index (κ2) is 7.62. The van der Waals surface area contributed by atoms with Crippen LogP contribution in [0, 0.1) is 0 Å². The minimum absolute atomic E-state index is 0. The van der Waals surface area contributed by atoms with Crippen molar-refractivity contribution in [1.29, 1.82) is 0 Å². The average molecular weight is 272 g/mol. The molecule has 0 saturated heterocycles. The summed E-state index contributed by atoms with van der Waals surface area (Å²) in [4.78, 5) is 0. The lowest BCUT2D eigenvalue weighted by Crippen LogP contribution is -2.41. The number of methoxy groups -OCH3 is 1. The Bertz CT molecular complexity index is 342. The first kappa shape index (κ1) is 15.3. The number of aliphatic hydroxyl groups excluding tert-OH is 1. The maximum Gasteiger partial charge on any atom is 0.118 e. The molecule has 0 bridgehead atoms. The SMILES string of the molecule is COc1ccc(CNC2CCCCC2O)cc1.Cl. The van der Waals surface area contributed by atoms with E-state index in [9.17, 15) is 5.11 Å². The van der Waals surface area contributed by atoms with Gasteiger partial charge in [0.2, 0.25) is 0 Å². The number of aliphatic hydroxyl groups is 1. The van der Waals surface area contributed by atoms with E-state index in [1.165, 1.54) is 12.0 Å². The molecule has 2 atom stereocenters. The van der Waals surface area contributed by atoms with Gasteiger partial charge in [0.1, 0.15) is 5.75 Å². The van der Waals surface area contributed by atoms with E-state index in [1.807, 2.05) is 12.1 Å². The van der Waals surface area contributed by atoms with E-state index in [0.717, 1.165) is 31.6 Å². The Labute approximate surface area is 115 Å². The number of hydrogen-bond acceptors (Lipinski definition) is 3. The van der Waals surface area contributed by atoms with E-state index >= 15 is 0 Å². The van der Waals surface area contributed by atoms with Crippen molar-refractivity contribution in [2.45, 2.75) is 44.4 Å². The van der Waals surface area contributed by atoms with Gasteiger partial charge in [-0.25, -0.2) is 0 Å². The van der Waals surface area contributed by atoms with Gasteiger partial charge in [-0.05, 0) is 30.5 Å². The highest BCUT2D eigenvalue weighted by Crippen LogP contribution is 2.19. The molecule has 1 aromatic rings. The molecule has 2 rings (SSSR count). The quantitative estimate of drug-likeness (QED) is 0.884. The predicted octanol–water partition coefficient (Wildman–Crippen LogP) is 2.51. The molecule has 0 amide bonds. The van der Waals surface area contributed by atoms with Crippen LogP contribution >= 0.6 is 12.4 Å². The van der Waals surface area contributed by atoms with Crippen LogP contribution < -0.4 is 10.1 Å². The van der Waals surface area contributed by atoms with Gasteiger partial charge in [0.25, 0.3) is 0 Å². The van der Waals surface area contributed by atoms with Gasteiger partial charge in [-0.2, -0.15) is 0 Å². The van der Waals surface area contributed by atoms with Crippen LogP contribution in [0.1, 0.15) is 31.2 Å². The molecule has 1 aromatic carbocycles. The van der Waals surface area contributed by atoms with Crippen molar-refractivity contribution in [2.75, 3.05) is 7.11 Å². The Kier molecular flexibility index (Phi) is 6.47. The molecule has 0 radical (unpaired) electrons. The van der Waals surface area contributed by atoms with Crippen molar-refractivity contribution >= 4 is 12.4 Å². The van der Waals surface area contributed by atoms with E-state index in [-0.39, 0.29) is 24.6 Å². The summed E-state index contributed by atoms with van der Waals surface area (Å²) in [6, 6.07) is 8.30. The van der Waals surface area contributed by atoms with Gasteiger partial charge < -0.3 is 15.2 Å². The summed E-state index contributed by atoms with van der Waals surface area (Å²) >= 11 is 0. The lowest BCUT2D eigenvalue weighted by atomic mass is 9.92. The van der Waals surface area contributed by atoms with Crippen LogP contribution in [0.15, 0.2) is 24.3 Å². The monoisotopic (exact) mass is 271 g/mol. The van der Waals surface area contributed by atoms with Crippen LogP contribution in [-0.4, -0.2) is 24.4 Å². The lowest BCUT2D eigenvalue weighted by Gasteiger charge is -2.28. The molecule has 2 N–H and O–H groups in total. The maximum absolute atomic E-state index is 9.85. The summed E-state index contributed by atoms with van der Waals surface area (Å²) in [6.45, 7) is 0.811. The largest absolute Gasteiger partial charge is 0.497 e. The van der Waals surface area contributed by atoms with Crippen LogP contribution in [-0.2, 0) is 6.54 Å². The van der Waals surface area contributed by atoms with E-state index in [1.54, 1.807) is 7.11 Å². The summed E-state index contributed by atoms with van der Waals surface area (Å²) < 4.78 is 5.12. The van der Waals surface area contributed by atoms with Gasteiger partial charge >= 0.3 is 0 Å². The predicted molar refractivity (Wildman–Crippen MR) is 75.3 cm³/mol. The van der Waals surface area contributed by atoms with Gasteiger partial charge in [0.15, 0.2) is 0 Å². The van der Waals surface area contributed by atoms with Crippen LogP contribution in [0.5, 0.6) is 5.75 Å². The van der Waals surface area contributed by atoms with Crippen molar-refractivity contribution in [3.8, 4) is 5.75 Å². The minimum Gasteiger partial charge on any atom is -0.497 e. The molecule has 0 aliphatic heterocycles. The number of halogens is 1. The summed E-state index contributed by atoms with van der Waals surface area (Å²) in [6.07, 6.45) is 4.21. The Balaban J connectivity index is 0.00000162. The van der Waals surface area contributed by atoms with E-state index in [4.69, 9.17) is 4.74 Å². The first-order valence-corrected chi connectivity index (χ1v) is 6.34. The van der Waals surface area contributed by atoms with Crippen molar-refractivity contribution in [3.05, 3.63) is 29.8 Å². The van der Waals surface area contributed by atoms with Crippen LogP contribution in [0.2, 0.25) is 0 Å². The molecule has 102 valence electrons. The molecule has 4 heteroatoms. The summed E-state index contributed by atoms with van der Waals surface area (Å²) in [5, 5.41) is 13.3. The van der Waals surface area contributed by atoms with Crippen molar-refractivity contribution in [3.63, 3.8) is 0 Å². The molecule has 1 aliphatic rings. The fourth-order valence-electron chi connectivity index (χ4n) is 2.34. The van der Waals surface area contributed by atoms with Gasteiger partial charge in [0.05, 0.1) is 13.2 Å². The summed E-state index contributed by atoms with van der Waals surface area (Å²) in [7, 11) is 1.67. The Morgan fingerprint density at radius 2 is 1.89 bits per heavy atom. The molecular formula is C14H22ClNO2. The zero-order chi connectivity index (χ0) is 12.1. The lowest BCUT2D eigenvalue weighted by molar-refractivity contribution is 0.0902. The molecule has 0 heterocycles. The van der Waals surface area contributed by atoms with E-state index < -0.39 is 0 Å². The normalized spacial score (nSPS) is 23.2. The molecule has 18 heavy (non-hydrogen) atoms. The highest BCUT2D eigenvalue weighted by Gasteiger charge is 2.21.